The summed E-state index contributed by atoms with van der Waals surface area (Å²) in [5.74, 6) is -0.472. The second kappa shape index (κ2) is 7.26. The van der Waals surface area contributed by atoms with E-state index in [1.165, 1.54) is 18.2 Å². The molecule has 1 aromatic rings. The summed E-state index contributed by atoms with van der Waals surface area (Å²) < 4.78 is 31.2. The first-order chi connectivity index (χ1) is 9.24. The average Bonchev–Trinajstić information content (AvgIpc) is 2.31. The second-order valence-corrected chi connectivity index (χ2v) is 6.76. The Kier molecular flexibility index (Phi) is 6.26. The van der Waals surface area contributed by atoms with E-state index in [1.54, 1.807) is 13.8 Å². The lowest BCUT2D eigenvalue weighted by molar-refractivity contribution is -0.147. The minimum Gasteiger partial charge on any atom is -0.463 e. The van der Waals surface area contributed by atoms with Gasteiger partial charge in [0.1, 0.15) is 4.90 Å². The fourth-order valence-electron chi connectivity index (χ4n) is 1.38. The zero-order valence-electron chi connectivity index (χ0n) is 11.0. The van der Waals surface area contributed by atoms with Crippen LogP contribution in [0.25, 0.3) is 0 Å². The molecule has 112 valence electrons. The summed E-state index contributed by atoms with van der Waals surface area (Å²) in [4.78, 5) is 11.2. The van der Waals surface area contributed by atoms with Crippen molar-refractivity contribution in [3.63, 3.8) is 0 Å². The predicted molar refractivity (Wildman–Crippen MR) is 77.5 cm³/mol. The predicted octanol–water partition coefficient (Wildman–Crippen LogP) is 2.61. The number of hydrogen-bond acceptors (Lipinski definition) is 4. The van der Waals surface area contributed by atoms with Gasteiger partial charge in [-0.25, -0.2) is 13.1 Å². The van der Waals surface area contributed by atoms with Crippen molar-refractivity contribution in [2.75, 3.05) is 6.54 Å². The van der Waals surface area contributed by atoms with Crippen LogP contribution in [0.1, 0.15) is 20.3 Å². The van der Waals surface area contributed by atoms with E-state index in [2.05, 4.69) is 4.72 Å². The van der Waals surface area contributed by atoms with Crippen LogP contribution < -0.4 is 4.72 Å². The van der Waals surface area contributed by atoms with E-state index in [1.807, 2.05) is 0 Å². The molecule has 1 N–H and O–H groups in total. The standard InChI is InChI=1S/C12H15Cl2NO4S/c1-8(2)19-11(16)6-7-15-20(17,18)10-5-3-4-9(13)12(10)14/h3-5,8,15H,6-7H2,1-2H3. The Balaban J connectivity index is 2.67. The molecule has 0 bridgehead atoms. The number of benzene rings is 1. The van der Waals surface area contributed by atoms with Crippen molar-refractivity contribution in [3.05, 3.63) is 28.2 Å². The van der Waals surface area contributed by atoms with E-state index in [-0.39, 0.29) is 34.0 Å². The first kappa shape index (κ1) is 17.2. The molecular formula is C12H15Cl2NO4S. The van der Waals surface area contributed by atoms with Crippen LogP contribution in [0, 0.1) is 0 Å². The van der Waals surface area contributed by atoms with Gasteiger partial charge in [-0.05, 0) is 26.0 Å². The molecule has 0 saturated carbocycles. The molecule has 0 unspecified atom stereocenters. The van der Waals surface area contributed by atoms with Crippen molar-refractivity contribution in [2.45, 2.75) is 31.3 Å². The lowest BCUT2D eigenvalue weighted by Gasteiger charge is -2.10. The van der Waals surface area contributed by atoms with Crippen molar-refractivity contribution in [2.24, 2.45) is 0 Å². The number of nitrogens with one attached hydrogen (secondary N) is 1. The van der Waals surface area contributed by atoms with E-state index < -0.39 is 16.0 Å². The third kappa shape index (κ3) is 4.94. The third-order valence-electron chi connectivity index (χ3n) is 2.19. The molecule has 0 aliphatic carbocycles. The SMILES string of the molecule is CC(C)OC(=O)CCNS(=O)(=O)c1cccc(Cl)c1Cl. The summed E-state index contributed by atoms with van der Waals surface area (Å²) in [6.07, 6.45) is -0.295. The van der Waals surface area contributed by atoms with Gasteiger partial charge in [0.15, 0.2) is 0 Å². The average molecular weight is 340 g/mol. The van der Waals surface area contributed by atoms with Crippen molar-refractivity contribution in [1.29, 1.82) is 0 Å². The Morgan fingerprint density at radius 1 is 1.35 bits per heavy atom. The maximum absolute atomic E-state index is 12.0. The van der Waals surface area contributed by atoms with Gasteiger partial charge < -0.3 is 4.74 Å². The molecule has 20 heavy (non-hydrogen) atoms. The van der Waals surface area contributed by atoms with Crippen LogP contribution >= 0.6 is 23.2 Å². The molecule has 0 aliphatic heterocycles. The monoisotopic (exact) mass is 339 g/mol. The first-order valence-corrected chi connectivity index (χ1v) is 8.11. The fraction of sp³-hybridized carbons (Fsp3) is 0.417. The Morgan fingerprint density at radius 2 is 2.00 bits per heavy atom. The van der Waals surface area contributed by atoms with E-state index in [4.69, 9.17) is 27.9 Å². The molecule has 0 amide bonds. The lowest BCUT2D eigenvalue weighted by atomic mass is 10.4. The van der Waals surface area contributed by atoms with Gasteiger partial charge in [-0.3, -0.25) is 4.79 Å². The van der Waals surface area contributed by atoms with E-state index >= 15 is 0 Å². The third-order valence-corrected chi connectivity index (χ3v) is 4.63. The summed E-state index contributed by atoms with van der Waals surface area (Å²) >= 11 is 11.6. The molecule has 0 heterocycles. The zero-order chi connectivity index (χ0) is 15.3. The van der Waals surface area contributed by atoms with Crippen molar-refractivity contribution in [1.82, 2.24) is 4.72 Å². The molecule has 0 spiro atoms. The van der Waals surface area contributed by atoms with Gasteiger partial charge in [0.2, 0.25) is 10.0 Å². The van der Waals surface area contributed by atoms with Gasteiger partial charge >= 0.3 is 5.97 Å². The molecule has 1 aromatic carbocycles. The maximum atomic E-state index is 12.0. The number of rotatable bonds is 6. The first-order valence-electron chi connectivity index (χ1n) is 5.87. The Morgan fingerprint density at radius 3 is 2.60 bits per heavy atom. The van der Waals surface area contributed by atoms with Gasteiger partial charge in [-0.1, -0.05) is 29.3 Å². The van der Waals surface area contributed by atoms with Crippen LogP contribution in [-0.4, -0.2) is 27.0 Å². The fourth-order valence-corrected chi connectivity index (χ4v) is 3.17. The smallest absolute Gasteiger partial charge is 0.307 e. The van der Waals surface area contributed by atoms with Gasteiger partial charge in [-0.15, -0.1) is 0 Å². The molecule has 1 rings (SSSR count). The Bertz CT molecular complexity index is 587. The van der Waals surface area contributed by atoms with E-state index in [0.717, 1.165) is 0 Å². The number of hydrogen-bond donors (Lipinski definition) is 1. The van der Waals surface area contributed by atoms with E-state index in [9.17, 15) is 13.2 Å². The van der Waals surface area contributed by atoms with Crippen LogP contribution in [0.5, 0.6) is 0 Å². The molecule has 0 atom stereocenters. The number of sulfonamides is 1. The lowest BCUT2D eigenvalue weighted by Crippen LogP contribution is -2.27. The minimum absolute atomic E-state index is 0.0496. The summed E-state index contributed by atoms with van der Waals surface area (Å²) in [7, 11) is -3.81. The molecule has 0 aromatic heterocycles. The highest BCUT2D eigenvalue weighted by atomic mass is 35.5. The highest BCUT2D eigenvalue weighted by Gasteiger charge is 2.19. The van der Waals surface area contributed by atoms with Crippen LogP contribution in [0.15, 0.2) is 23.1 Å². The van der Waals surface area contributed by atoms with E-state index in [0.29, 0.717) is 0 Å². The van der Waals surface area contributed by atoms with Crippen molar-refractivity contribution < 1.29 is 17.9 Å². The van der Waals surface area contributed by atoms with Crippen LogP contribution in [0.4, 0.5) is 0 Å². The van der Waals surface area contributed by atoms with Crippen LogP contribution in [0.2, 0.25) is 10.0 Å². The Hall–Kier alpha value is -0.820. The molecule has 5 nitrogen and oxygen atoms in total. The molecule has 8 heteroatoms. The maximum Gasteiger partial charge on any atom is 0.307 e. The van der Waals surface area contributed by atoms with Gasteiger partial charge in [-0.2, -0.15) is 0 Å². The summed E-state index contributed by atoms with van der Waals surface area (Å²) in [5, 5.41) is 0.0974. The minimum atomic E-state index is -3.81. The number of halogens is 2. The van der Waals surface area contributed by atoms with Crippen LogP contribution in [0.3, 0.4) is 0 Å². The number of carbonyl (C=O) groups excluding carboxylic acids is 1. The quantitative estimate of drug-likeness (QED) is 0.808. The topological polar surface area (TPSA) is 72.5 Å². The molecule has 0 radical (unpaired) electrons. The normalized spacial score (nSPS) is 11.7. The molecule has 0 aliphatic rings. The summed E-state index contributed by atoms with van der Waals surface area (Å²) in [6, 6.07) is 4.31. The highest BCUT2D eigenvalue weighted by molar-refractivity contribution is 7.89. The van der Waals surface area contributed by atoms with Gasteiger partial charge in [0.25, 0.3) is 0 Å². The number of carbonyl (C=O) groups is 1. The Labute approximate surface area is 128 Å². The van der Waals surface area contributed by atoms with Gasteiger partial charge in [0.05, 0.1) is 22.6 Å². The molecule has 0 fully saturated rings. The highest BCUT2D eigenvalue weighted by Crippen LogP contribution is 2.28. The second-order valence-electron chi connectivity index (χ2n) is 4.24. The van der Waals surface area contributed by atoms with Crippen LogP contribution in [-0.2, 0) is 19.6 Å². The molecular weight excluding hydrogens is 325 g/mol. The largest absolute Gasteiger partial charge is 0.463 e. The zero-order valence-corrected chi connectivity index (χ0v) is 13.3. The molecule has 0 saturated heterocycles. The number of ether oxygens (including phenoxy) is 1. The van der Waals surface area contributed by atoms with Crippen molar-refractivity contribution >= 4 is 39.2 Å². The summed E-state index contributed by atoms with van der Waals surface area (Å²) in [6.45, 7) is 3.36. The summed E-state index contributed by atoms with van der Waals surface area (Å²) in [5.41, 5.74) is 0. The van der Waals surface area contributed by atoms with Crippen molar-refractivity contribution in [3.8, 4) is 0 Å². The van der Waals surface area contributed by atoms with Gasteiger partial charge in [0, 0.05) is 6.54 Å². The number of esters is 1.